The Morgan fingerprint density at radius 2 is 1.64 bits per heavy atom. The molecule has 0 aliphatic rings. The lowest BCUT2D eigenvalue weighted by Crippen LogP contribution is -2.01. The summed E-state index contributed by atoms with van der Waals surface area (Å²) in [5.41, 5.74) is 0.619. The number of nitrogens with zero attached hydrogens (tertiary/aromatic N) is 1. The van der Waals surface area contributed by atoms with Crippen LogP contribution in [0.5, 0.6) is 0 Å². The largest absolute Gasteiger partial charge is 0.478 e. The number of benzene rings is 3. The second-order valence-corrected chi connectivity index (χ2v) is 4.79. The van der Waals surface area contributed by atoms with E-state index in [0.717, 1.165) is 5.39 Å². The molecule has 0 saturated carbocycles. The van der Waals surface area contributed by atoms with E-state index in [1.165, 1.54) is 12.1 Å². The third-order valence-corrected chi connectivity index (χ3v) is 3.53. The average molecular weight is 293 g/mol. The monoisotopic (exact) mass is 293 g/mol. The SMILES string of the molecule is O=C(O)c1ccccc1-c1c([N+](=O)[O-])ccc2ccccc12. The van der Waals surface area contributed by atoms with Crippen LogP contribution in [0.15, 0.2) is 60.7 Å². The highest BCUT2D eigenvalue weighted by atomic mass is 16.6. The second kappa shape index (κ2) is 5.29. The van der Waals surface area contributed by atoms with Crippen LogP contribution in [-0.2, 0) is 0 Å². The van der Waals surface area contributed by atoms with Gasteiger partial charge in [-0.1, -0.05) is 42.5 Å². The second-order valence-electron chi connectivity index (χ2n) is 4.79. The number of hydrogen-bond acceptors (Lipinski definition) is 3. The molecular weight excluding hydrogens is 282 g/mol. The van der Waals surface area contributed by atoms with Crippen molar-refractivity contribution < 1.29 is 14.8 Å². The first-order valence-electron chi connectivity index (χ1n) is 6.58. The fraction of sp³-hybridized carbons (Fsp3) is 0. The summed E-state index contributed by atoms with van der Waals surface area (Å²) in [6.07, 6.45) is 0. The van der Waals surface area contributed by atoms with E-state index in [1.807, 2.05) is 12.1 Å². The maximum atomic E-state index is 11.4. The molecule has 0 fully saturated rings. The van der Waals surface area contributed by atoms with Crippen molar-refractivity contribution in [2.75, 3.05) is 0 Å². The molecule has 0 saturated heterocycles. The van der Waals surface area contributed by atoms with Crippen molar-refractivity contribution >= 4 is 22.4 Å². The van der Waals surface area contributed by atoms with E-state index in [2.05, 4.69) is 0 Å². The molecule has 0 bridgehead atoms. The van der Waals surface area contributed by atoms with Crippen molar-refractivity contribution in [3.05, 3.63) is 76.3 Å². The minimum Gasteiger partial charge on any atom is -0.478 e. The summed E-state index contributed by atoms with van der Waals surface area (Å²) in [7, 11) is 0. The van der Waals surface area contributed by atoms with Crippen molar-refractivity contribution in [3.8, 4) is 11.1 Å². The third-order valence-electron chi connectivity index (χ3n) is 3.53. The number of rotatable bonds is 3. The van der Waals surface area contributed by atoms with E-state index in [-0.39, 0.29) is 11.3 Å². The number of nitro benzene ring substituents is 1. The van der Waals surface area contributed by atoms with Gasteiger partial charge in [0.1, 0.15) is 0 Å². The van der Waals surface area contributed by atoms with E-state index in [0.29, 0.717) is 16.5 Å². The molecule has 3 aromatic rings. The third kappa shape index (κ3) is 2.18. The first kappa shape index (κ1) is 13.8. The number of hydrogen-bond donors (Lipinski definition) is 1. The maximum absolute atomic E-state index is 11.4. The molecule has 3 aromatic carbocycles. The molecule has 0 radical (unpaired) electrons. The molecule has 0 aliphatic heterocycles. The summed E-state index contributed by atoms with van der Waals surface area (Å²) >= 11 is 0. The summed E-state index contributed by atoms with van der Waals surface area (Å²) in [5, 5.41) is 22.2. The van der Waals surface area contributed by atoms with Gasteiger partial charge in [-0.3, -0.25) is 10.1 Å². The summed E-state index contributed by atoms with van der Waals surface area (Å²) in [5.74, 6) is -1.11. The number of fused-ring (bicyclic) bond motifs is 1. The van der Waals surface area contributed by atoms with Gasteiger partial charge in [0.2, 0.25) is 0 Å². The fourth-order valence-electron chi connectivity index (χ4n) is 2.58. The van der Waals surface area contributed by atoms with Gasteiger partial charge in [0.05, 0.1) is 16.1 Å². The van der Waals surface area contributed by atoms with Crippen LogP contribution in [0.25, 0.3) is 21.9 Å². The Balaban J connectivity index is 2.46. The summed E-state index contributed by atoms with van der Waals surface area (Å²) in [6, 6.07) is 16.6. The lowest BCUT2D eigenvalue weighted by atomic mass is 9.93. The van der Waals surface area contributed by atoms with Crippen molar-refractivity contribution in [3.63, 3.8) is 0 Å². The topological polar surface area (TPSA) is 80.4 Å². The van der Waals surface area contributed by atoms with Gasteiger partial charge in [-0.2, -0.15) is 0 Å². The maximum Gasteiger partial charge on any atom is 0.336 e. The summed E-state index contributed by atoms with van der Waals surface area (Å²) in [6.45, 7) is 0. The lowest BCUT2D eigenvalue weighted by Gasteiger charge is -2.10. The predicted octanol–water partition coefficient (Wildman–Crippen LogP) is 4.11. The van der Waals surface area contributed by atoms with Crippen LogP contribution in [0.3, 0.4) is 0 Å². The molecule has 0 aromatic heterocycles. The highest BCUT2D eigenvalue weighted by Gasteiger charge is 2.22. The molecule has 0 heterocycles. The minimum absolute atomic E-state index is 0.0435. The van der Waals surface area contributed by atoms with Crippen molar-refractivity contribution in [1.29, 1.82) is 0 Å². The quantitative estimate of drug-likeness (QED) is 0.582. The molecule has 22 heavy (non-hydrogen) atoms. The summed E-state index contributed by atoms with van der Waals surface area (Å²) < 4.78 is 0. The molecule has 0 spiro atoms. The van der Waals surface area contributed by atoms with Crippen LogP contribution in [0, 0.1) is 10.1 Å². The molecule has 3 rings (SSSR count). The summed E-state index contributed by atoms with van der Waals surface area (Å²) in [4.78, 5) is 22.3. The zero-order chi connectivity index (χ0) is 15.7. The first-order chi connectivity index (χ1) is 10.6. The van der Waals surface area contributed by atoms with Crippen molar-refractivity contribution in [2.45, 2.75) is 0 Å². The standard InChI is InChI=1S/C17H11NO4/c19-17(20)14-8-4-3-7-13(14)16-12-6-2-1-5-11(12)9-10-15(16)18(21)22/h1-10H,(H,19,20). The Morgan fingerprint density at radius 3 is 2.36 bits per heavy atom. The van der Waals surface area contributed by atoms with Crippen LogP contribution in [0.4, 0.5) is 5.69 Å². The van der Waals surface area contributed by atoms with Gasteiger partial charge >= 0.3 is 5.97 Å². The average Bonchev–Trinajstić information content (AvgIpc) is 2.53. The zero-order valence-corrected chi connectivity index (χ0v) is 11.4. The van der Waals surface area contributed by atoms with Crippen LogP contribution in [0.2, 0.25) is 0 Å². The fourth-order valence-corrected chi connectivity index (χ4v) is 2.58. The van der Waals surface area contributed by atoms with E-state index in [9.17, 15) is 20.0 Å². The molecule has 5 nitrogen and oxygen atoms in total. The normalized spacial score (nSPS) is 10.5. The van der Waals surface area contributed by atoms with Crippen LogP contribution in [-0.4, -0.2) is 16.0 Å². The van der Waals surface area contributed by atoms with Gasteiger partial charge in [-0.15, -0.1) is 0 Å². The molecule has 108 valence electrons. The smallest absolute Gasteiger partial charge is 0.336 e. The Bertz CT molecular complexity index is 902. The van der Waals surface area contributed by atoms with E-state index >= 15 is 0 Å². The van der Waals surface area contributed by atoms with Crippen molar-refractivity contribution in [2.24, 2.45) is 0 Å². The molecule has 0 amide bonds. The number of aromatic carboxylic acids is 1. The van der Waals surface area contributed by atoms with E-state index in [4.69, 9.17) is 0 Å². The van der Waals surface area contributed by atoms with Crippen molar-refractivity contribution in [1.82, 2.24) is 0 Å². The number of nitro groups is 1. The number of carboxylic acid groups (broad SMARTS) is 1. The van der Waals surface area contributed by atoms with Crippen LogP contribution < -0.4 is 0 Å². The number of carbonyl (C=O) groups is 1. The minimum atomic E-state index is -1.11. The first-order valence-corrected chi connectivity index (χ1v) is 6.58. The Kier molecular flexibility index (Phi) is 3.31. The predicted molar refractivity (Wildman–Crippen MR) is 83.0 cm³/mol. The zero-order valence-electron chi connectivity index (χ0n) is 11.4. The Labute approximate surface area is 125 Å². The lowest BCUT2D eigenvalue weighted by molar-refractivity contribution is -0.384. The number of carboxylic acids is 1. The van der Waals surface area contributed by atoms with Gasteiger partial charge in [-0.05, 0) is 22.9 Å². The van der Waals surface area contributed by atoms with E-state index < -0.39 is 10.9 Å². The molecule has 1 N–H and O–H groups in total. The van der Waals surface area contributed by atoms with Gasteiger partial charge in [0.15, 0.2) is 0 Å². The molecule has 0 unspecified atom stereocenters. The van der Waals surface area contributed by atoms with Gasteiger partial charge in [0.25, 0.3) is 5.69 Å². The van der Waals surface area contributed by atoms with Gasteiger partial charge in [-0.25, -0.2) is 4.79 Å². The molecule has 0 atom stereocenters. The Morgan fingerprint density at radius 1 is 0.955 bits per heavy atom. The highest BCUT2D eigenvalue weighted by Crippen LogP contribution is 2.38. The molecule has 0 aliphatic carbocycles. The van der Waals surface area contributed by atoms with E-state index in [1.54, 1.807) is 36.4 Å². The molecule has 5 heteroatoms. The molecular formula is C17H11NO4. The van der Waals surface area contributed by atoms with Gasteiger partial charge in [0, 0.05) is 11.6 Å². The van der Waals surface area contributed by atoms with Crippen LogP contribution >= 0.6 is 0 Å². The highest BCUT2D eigenvalue weighted by molar-refractivity contribution is 6.06. The van der Waals surface area contributed by atoms with Gasteiger partial charge < -0.3 is 5.11 Å². The van der Waals surface area contributed by atoms with Crippen LogP contribution in [0.1, 0.15) is 10.4 Å². The Hall–Kier alpha value is -3.21.